The van der Waals surface area contributed by atoms with E-state index in [1.807, 2.05) is 0 Å². The Bertz CT molecular complexity index is 470. The van der Waals surface area contributed by atoms with Gasteiger partial charge in [0.2, 0.25) is 5.91 Å². The van der Waals surface area contributed by atoms with Crippen molar-refractivity contribution in [3.63, 3.8) is 0 Å². The van der Waals surface area contributed by atoms with E-state index in [4.69, 9.17) is 5.73 Å². The Morgan fingerprint density at radius 2 is 1.90 bits per heavy atom. The molecule has 1 amide bonds. The number of nitrogens with zero attached hydrogens (tertiary/aromatic N) is 1. The molecule has 3 nitrogen and oxygen atoms in total. The van der Waals surface area contributed by atoms with Gasteiger partial charge in [-0.2, -0.15) is 13.2 Å². The average molecular weight is 288 g/mol. The third kappa shape index (κ3) is 4.23. The maximum atomic E-state index is 12.7. The molecule has 6 heteroatoms. The molecule has 0 aromatic heterocycles. The van der Waals surface area contributed by atoms with E-state index in [1.54, 1.807) is 26.8 Å². The molecule has 0 radical (unpaired) electrons. The topological polar surface area (TPSA) is 46.3 Å². The van der Waals surface area contributed by atoms with Crippen molar-refractivity contribution in [2.75, 3.05) is 0 Å². The molecule has 2 N–H and O–H groups in total. The molecule has 0 fully saturated rings. The summed E-state index contributed by atoms with van der Waals surface area (Å²) in [5.74, 6) is -0.280. The number of hydrogen-bond acceptors (Lipinski definition) is 2. The van der Waals surface area contributed by atoms with Crippen LogP contribution in [0.3, 0.4) is 0 Å². The molecule has 0 saturated heterocycles. The van der Waals surface area contributed by atoms with Crippen LogP contribution in [0.2, 0.25) is 0 Å². The summed E-state index contributed by atoms with van der Waals surface area (Å²) < 4.78 is 38.0. The van der Waals surface area contributed by atoms with E-state index in [0.717, 1.165) is 12.1 Å². The van der Waals surface area contributed by atoms with Gasteiger partial charge >= 0.3 is 6.18 Å². The minimum absolute atomic E-state index is 0.113. The predicted octanol–water partition coefficient (Wildman–Crippen LogP) is 2.79. The first-order valence-electron chi connectivity index (χ1n) is 6.35. The van der Waals surface area contributed by atoms with Gasteiger partial charge in [0.25, 0.3) is 0 Å². The van der Waals surface area contributed by atoms with E-state index in [2.05, 4.69) is 0 Å². The summed E-state index contributed by atoms with van der Waals surface area (Å²) in [5.41, 5.74) is 5.27. The van der Waals surface area contributed by atoms with Crippen LogP contribution < -0.4 is 5.73 Å². The second-order valence-electron chi connectivity index (χ2n) is 5.05. The maximum Gasteiger partial charge on any atom is 0.416 e. The van der Waals surface area contributed by atoms with E-state index in [9.17, 15) is 18.0 Å². The van der Waals surface area contributed by atoms with Gasteiger partial charge < -0.3 is 10.6 Å². The Morgan fingerprint density at radius 1 is 1.30 bits per heavy atom. The maximum absolute atomic E-state index is 12.7. The van der Waals surface area contributed by atoms with Crippen LogP contribution in [0.4, 0.5) is 13.2 Å². The largest absolute Gasteiger partial charge is 0.416 e. The molecule has 0 bridgehead atoms. The number of benzene rings is 1. The molecule has 1 aromatic rings. The summed E-state index contributed by atoms with van der Waals surface area (Å²) in [6, 6.07) is 4.17. The van der Waals surface area contributed by atoms with Crippen molar-refractivity contribution in [1.82, 2.24) is 4.90 Å². The lowest BCUT2D eigenvalue weighted by molar-refractivity contribution is -0.137. The lowest BCUT2D eigenvalue weighted by atomic mass is 10.1. The average Bonchev–Trinajstić information content (AvgIpc) is 2.34. The zero-order chi connectivity index (χ0) is 15.5. The Balaban J connectivity index is 2.98. The van der Waals surface area contributed by atoms with Gasteiger partial charge in [0.1, 0.15) is 0 Å². The number of rotatable bonds is 4. The summed E-state index contributed by atoms with van der Waals surface area (Å²) in [5, 5.41) is 0. The first-order valence-corrected chi connectivity index (χ1v) is 6.35. The van der Waals surface area contributed by atoms with Gasteiger partial charge in [0, 0.05) is 12.6 Å². The quantitative estimate of drug-likeness (QED) is 0.926. The highest BCUT2D eigenvalue weighted by Crippen LogP contribution is 2.29. The summed E-state index contributed by atoms with van der Waals surface area (Å²) in [7, 11) is 0. The lowest BCUT2D eigenvalue weighted by Gasteiger charge is -2.28. The monoisotopic (exact) mass is 288 g/mol. The zero-order valence-corrected chi connectivity index (χ0v) is 11.7. The van der Waals surface area contributed by atoms with Gasteiger partial charge in [-0.25, -0.2) is 0 Å². The fourth-order valence-electron chi connectivity index (χ4n) is 1.82. The molecule has 0 aliphatic carbocycles. The van der Waals surface area contributed by atoms with Crippen LogP contribution >= 0.6 is 0 Å². The fraction of sp³-hybridized carbons (Fsp3) is 0.500. The predicted molar refractivity (Wildman–Crippen MR) is 70.8 cm³/mol. The smallest absolute Gasteiger partial charge is 0.335 e. The molecule has 1 rings (SSSR count). The van der Waals surface area contributed by atoms with Crippen LogP contribution in [0, 0.1) is 0 Å². The Labute approximate surface area is 116 Å². The zero-order valence-electron chi connectivity index (χ0n) is 11.7. The molecule has 112 valence electrons. The van der Waals surface area contributed by atoms with E-state index in [-0.39, 0.29) is 18.5 Å². The van der Waals surface area contributed by atoms with Gasteiger partial charge in [0.15, 0.2) is 0 Å². The van der Waals surface area contributed by atoms with Crippen molar-refractivity contribution >= 4 is 5.91 Å². The standard InChI is InChI=1S/C14H19F3N2O/c1-9(2)19(13(20)10(3)18)8-11-5-4-6-12(7-11)14(15,16)17/h4-7,9-10H,8,18H2,1-3H3/t10-/m0/s1. The lowest BCUT2D eigenvalue weighted by Crippen LogP contribution is -2.45. The summed E-state index contributed by atoms with van der Waals surface area (Å²) >= 11 is 0. The highest BCUT2D eigenvalue weighted by atomic mass is 19.4. The molecule has 0 saturated carbocycles. The van der Waals surface area contributed by atoms with Crippen molar-refractivity contribution in [3.05, 3.63) is 35.4 Å². The van der Waals surface area contributed by atoms with Crippen LogP contribution in [-0.2, 0) is 17.5 Å². The minimum atomic E-state index is -4.39. The Morgan fingerprint density at radius 3 is 2.35 bits per heavy atom. The van der Waals surface area contributed by atoms with E-state index < -0.39 is 17.8 Å². The summed E-state index contributed by atoms with van der Waals surface area (Å²) in [6.45, 7) is 5.27. The van der Waals surface area contributed by atoms with Crippen LogP contribution in [0.15, 0.2) is 24.3 Å². The summed E-state index contributed by atoms with van der Waals surface area (Å²) in [4.78, 5) is 13.4. The Hall–Kier alpha value is -1.56. The second-order valence-corrected chi connectivity index (χ2v) is 5.05. The van der Waals surface area contributed by atoms with Crippen molar-refractivity contribution in [3.8, 4) is 0 Å². The third-order valence-electron chi connectivity index (χ3n) is 2.90. The third-order valence-corrected chi connectivity index (χ3v) is 2.90. The molecule has 0 aliphatic rings. The van der Waals surface area contributed by atoms with Crippen LogP contribution in [-0.4, -0.2) is 22.9 Å². The number of amides is 1. The van der Waals surface area contributed by atoms with Gasteiger partial charge in [-0.05, 0) is 38.5 Å². The van der Waals surface area contributed by atoms with Crippen molar-refractivity contribution in [2.24, 2.45) is 5.73 Å². The number of carbonyl (C=O) groups excluding carboxylic acids is 1. The van der Waals surface area contributed by atoms with Crippen LogP contribution in [0.25, 0.3) is 0 Å². The molecular weight excluding hydrogens is 269 g/mol. The number of carbonyl (C=O) groups is 1. The fourth-order valence-corrected chi connectivity index (χ4v) is 1.82. The molecular formula is C14H19F3N2O. The van der Waals surface area contributed by atoms with E-state index in [0.29, 0.717) is 5.56 Å². The molecule has 0 unspecified atom stereocenters. The number of alkyl halides is 3. The van der Waals surface area contributed by atoms with Gasteiger partial charge in [0.05, 0.1) is 11.6 Å². The highest BCUT2D eigenvalue weighted by Gasteiger charge is 2.30. The normalized spacial score (nSPS) is 13.4. The van der Waals surface area contributed by atoms with Crippen LogP contribution in [0.5, 0.6) is 0 Å². The Kier molecular flexibility index (Phi) is 5.16. The van der Waals surface area contributed by atoms with E-state index in [1.165, 1.54) is 11.0 Å². The van der Waals surface area contributed by atoms with Crippen molar-refractivity contribution in [2.45, 2.75) is 45.6 Å². The minimum Gasteiger partial charge on any atom is -0.335 e. The SMILES string of the molecule is CC(C)N(Cc1cccc(C(F)(F)F)c1)C(=O)[C@H](C)N. The van der Waals surface area contributed by atoms with Gasteiger partial charge in [-0.15, -0.1) is 0 Å². The second kappa shape index (κ2) is 6.26. The van der Waals surface area contributed by atoms with Crippen LogP contribution in [0.1, 0.15) is 31.9 Å². The van der Waals surface area contributed by atoms with Crippen molar-refractivity contribution < 1.29 is 18.0 Å². The molecule has 0 heterocycles. The summed E-state index contributed by atoms with van der Waals surface area (Å²) in [6.07, 6.45) is -4.39. The van der Waals surface area contributed by atoms with Crippen molar-refractivity contribution in [1.29, 1.82) is 0 Å². The molecule has 0 aliphatic heterocycles. The number of halogens is 3. The van der Waals surface area contributed by atoms with Gasteiger partial charge in [-0.3, -0.25) is 4.79 Å². The molecule has 20 heavy (non-hydrogen) atoms. The number of hydrogen-bond donors (Lipinski definition) is 1. The molecule has 1 aromatic carbocycles. The molecule has 1 atom stereocenters. The van der Waals surface area contributed by atoms with Gasteiger partial charge in [-0.1, -0.05) is 12.1 Å². The van der Waals surface area contributed by atoms with E-state index >= 15 is 0 Å². The molecule has 0 spiro atoms. The number of nitrogens with two attached hydrogens (primary N) is 1. The highest BCUT2D eigenvalue weighted by molar-refractivity contribution is 5.81. The first kappa shape index (κ1) is 16.5. The first-order chi connectivity index (χ1) is 9.12.